The van der Waals surface area contributed by atoms with Gasteiger partial charge in [0, 0.05) is 34.7 Å². The minimum absolute atomic E-state index is 0.0282. The van der Waals surface area contributed by atoms with Crippen LogP contribution in [-0.4, -0.2) is 43.7 Å². The first-order valence-electron chi connectivity index (χ1n) is 14.1. The normalized spacial score (nSPS) is 21.0. The van der Waals surface area contributed by atoms with Crippen molar-refractivity contribution in [2.75, 3.05) is 18.1 Å². The first-order valence-corrected chi connectivity index (χ1v) is 16.0. The van der Waals surface area contributed by atoms with Crippen molar-refractivity contribution in [2.24, 2.45) is 0 Å². The summed E-state index contributed by atoms with van der Waals surface area (Å²) in [6.07, 6.45) is 0.909. The SMILES string of the molecule is Cc1cc(OC2CCS(=O)(=O)CC2)cc(C)c1-c1c(F)cc(F)c2c1CC[C@H]2Oc1ccc2c(c1)OC[C@H]2CC(=O)O. The van der Waals surface area contributed by atoms with Crippen molar-refractivity contribution in [1.82, 2.24) is 0 Å². The predicted molar refractivity (Wildman–Crippen MR) is 152 cm³/mol. The molecular formula is C32H32F2O7S. The zero-order valence-corrected chi connectivity index (χ0v) is 24.2. The molecule has 3 aromatic rings. The van der Waals surface area contributed by atoms with Crippen LogP contribution in [0.5, 0.6) is 17.2 Å². The van der Waals surface area contributed by atoms with E-state index >= 15 is 8.78 Å². The van der Waals surface area contributed by atoms with Crippen LogP contribution in [0.4, 0.5) is 8.78 Å². The van der Waals surface area contributed by atoms with Crippen LogP contribution in [0.3, 0.4) is 0 Å². The summed E-state index contributed by atoms with van der Waals surface area (Å²) in [5, 5.41) is 9.15. The number of rotatable bonds is 7. The molecule has 6 rings (SSSR count). The number of hydrogen-bond acceptors (Lipinski definition) is 6. The van der Waals surface area contributed by atoms with Crippen LogP contribution in [-0.2, 0) is 21.1 Å². The Hall–Kier alpha value is -3.66. The third-order valence-electron chi connectivity index (χ3n) is 8.48. The van der Waals surface area contributed by atoms with Crippen molar-refractivity contribution in [3.05, 3.63) is 75.8 Å². The number of carboxylic acid groups (broad SMARTS) is 1. The van der Waals surface area contributed by atoms with Crippen molar-refractivity contribution >= 4 is 15.8 Å². The number of aryl methyl sites for hydroxylation is 2. The van der Waals surface area contributed by atoms with Gasteiger partial charge < -0.3 is 19.3 Å². The average molecular weight is 599 g/mol. The number of carbonyl (C=O) groups is 1. The number of ether oxygens (including phenoxy) is 3. The van der Waals surface area contributed by atoms with E-state index in [9.17, 15) is 13.2 Å². The Balaban J connectivity index is 1.27. The highest BCUT2D eigenvalue weighted by Gasteiger charge is 2.34. The molecule has 1 fully saturated rings. The number of hydrogen-bond donors (Lipinski definition) is 1. The summed E-state index contributed by atoms with van der Waals surface area (Å²) in [7, 11) is -3.00. The highest BCUT2D eigenvalue weighted by atomic mass is 32.2. The van der Waals surface area contributed by atoms with Crippen molar-refractivity contribution in [3.8, 4) is 28.4 Å². The highest BCUT2D eigenvalue weighted by molar-refractivity contribution is 7.91. The van der Waals surface area contributed by atoms with Gasteiger partial charge in [-0.05, 0) is 80.0 Å². The zero-order valence-electron chi connectivity index (χ0n) is 23.4. The first-order chi connectivity index (χ1) is 20.0. The Bertz CT molecular complexity index is 1650. The van der Waals surface area contributed by atoms with Crippen LogP contribution in [0.15, 0.2) is 36.4 Å². The molecule has 0 saturated carbocycles. The summed E-state index contributed by atoms with van der Waals surface area (Å²) < 4.78 is 72.4. The second-order valence-electron chi connectivity index (χ2n) is 11.5. The van der Waals surface area contributed by atoms with E-state index in [0.717, 1.165) is 22.8 Å². The second kappa shape index (κ2) is 10.9. The summed E-state index contributed by atoms with van der Waals surface area (Å²) in [5.41, 5.74) is 4.30. The molecule has 0 unspecified atom stereocenters. The van der Waals surface area contributed by atoms with E-state index in [4.69, 9.17) is 19.3 Å². The monoisotopic (exact) mass is 598 g/mol. The smallest absolute Gasteiger partial charge is 0.304 e. The standard InChI is InChI=1S/C32H32F2O7S/c1-17-11-22(40-20-7-9-42(37,38)10-8-20)12-18(2)30(17)32-24-5-6-27(31(24)25(33)15-26(32)34)41-21-3-4-23-19(13-29(35)36)16-39-28(23)14-21/h3-4,11-12,14-15,19-20,27H,5-10,13,16H2,1-2H3,(H,35,36)/t19-,27-/m1/s1. The minimum Gasteiger partial charge on any atom is -0.492 e. The van der Waals surface area contributed by atoms with Crippen LogP contribution in [0.25, 0.3) is 11.1 Å². The molecule has 0 amide bonds. The third-order valence-corrected chi connectivity index (χ3v) is 10.2. The summed E-state index contributed by atoms with van der Waals surface area (Å²) in [4.78, 5) is 11.2. The molecule has 3 aliphatic rings. The Kier molecular flexibility index (Phi) is 7.37. The summed E-state index contributed by atoms with van der Waals surface area (Å²) in [5.74, 6) is -0.590. The number of halogens is 2. The summed E-state index contributed by atoms with van der Waals surface area (Å²) >= 11 is 0. The Labute approximate surface area is 243 Å². The molecule has 1 aliphatic carbocycles. The minimum atomic E-state index is -3.00. The highest BCUT2D eigenvalue weighted by Crippen LogP contribution is 2.46. The lowest BCUT2D eigenvalue weighted by molar-refractivity contribution is -0.137. The van der Waals surface area contributed by atoms with Gasteiger partial charge in [0.05, 0.1) is 24.5 Å². The molecule has 0 radical (unpaired) electrons. The van der Waals surface area contributed by atoms with E-state index in [1.54, 1.807) is 18.2 Å². The Morgan fingerprint density at radius 2 is 1.67 bits per heavy atom. The van der Waals surface area contributed by atoms with Crippen molar-refractivity contribution < 1.29 is 41.3 Å². The lowest BCUT2D eigenvalue weighted by atomic mass is 9.89. The van der Waals surface area contributed by atoms with Gasteiger partial charge in [0.15, 0.2) is 9.84 Å². The van der Waals surface area contributed by atoms with Gasteiger partial charge in [-0.25, -0.2) is 17.2 Å². The topological polar surface area (TPSA) is 99.1 Å². The molecule has 1 saturated heterocycles. The number of fused-ring (bicyclic) bond motifs is 2. The Morgan fingerprint density at radius 1 is 0.952 bits per heavy atom. The first kappa shape index (κ1) is 28.5. The van der Waals surface area contributed by atoms with Gasteiger partial charge in [-0.3, -0.25) is 4.79 Å². The number of aliphatic carboxylic acids is 1. The molecule has 222 valence electrons. The molecule has 42 heavy (non-hydrogen) atoms. The Morgan fingerprint density at radius 3 is 2.36 bits per heavy atom. The molecule has 0 aromatic heterocycles. The third kappa shape index (κ3) is 5.44. The summed E-state index contributed by atoms with van der Waals surface area (Å²) in [6.45, 7) is 4.00. The second-order valence-corrected chi connectivity index (χ2v) is 13.8. The van der Waals surface area contributed by atoms with Gasteiger partial charge >= 0.3 is 5.97 Å². The lowest BCUT2D eigenvalue weighted by Crippen LogP contribution is -2.30. The van der Waals surface area contributed by atoms with E-state index in [2.05, 4.69) is 0 Å². The maximum absolute atomic E-state index is 15.5. The van der Waals surface area contributed by atoms with Crippen LogP contribution in [0.2, 0.25) is 0 Å². The van der Waals surface area contributed by atoms with Gasteiger partial charge in [0.1, 0.15) is 41.1 Å². The molecule has 10 heteroatoms. The van der Waals surface area contributed by atoms with E-state index in [0.29, 0.717) is 65.2 Å². The van der Waals surface area contributed by atoms with Gasteiger partial charge in [-0.1, -0.05) is 6.07 Å². The van der Waals surface area contributed by atoms with Crippen molar-refractivity contribution in [1.29, 1.82) is 0 Å². The fourth-order valence-corrected chi connectivity index (χ4v) is 7.99. The van der Waals surface area contributed by atoms with Crippen LogP contribution >= 0.6 is 0 Å². The fourth-order valence-electron chi connectivity index (χ4n) is 6.54. The predicted octanol–water partition coefficient (Wildman–Crippen LogP) is 6.22. The number of carboxylic acids is 1. The quantitative estimate of drug-likeness (QED) is 0.345. The molecule has 0 bridgehead atoms. The van der Waals surface area contributed by atoms with E-state index in [1.165, 1.54) is 0 Å². The molecule has 2 aliphatic heterocycles. The van der Waals surface area contributed by atoms with Crippen molar-refractivity contribution in [3.63, 3.8) is 0 Å². The average Bonchev–Trinajstić information content (AvgIpc) is 3.50. The zero-order chi connectivity index (χ0) is 29.8. The molecule has 0 spiro atoms. The fraction of sp³-hybridized carbons (Fsp3) is 0.406. The molecule has 7 nitrogen and oxygen atoms in total. The lowest BCUT2D eigenvalue weighted by Gasteiger charge is -2.24. The van der Waals surface area contributed by atoms with E-state index in [1.807, 2.05) is 26.0 Å². The van der Waals surface area contributed by atoms with Crippen LogP contribution in [0.1, 0.15) is 65.5 Å². The van der Waals surface area contributed by atoms with Crippen molar-refractivity contribution in [2.45, 2.75) is 64.1 Å². The molecule has 3 aromatic carbocycles. The largest absolute Gasteiger partial charge is 0.492 e. The van der Waals surface area contributed by atoms with E-state index in [-0.39, 0.29) is 36.6 Å². The molecule has 2 heterocycles. The maximum Gasteiger partial charge on any atom is 0.304 e. The molecule has 1 N–H and O–H groups in total. The van der Waals surface area contributed by atoms with Crippen LogP contribution < -0.4 is 14.2 Å². The van der Waals surface area contributed by atoms with Gasteiger partial charge in [0.2, 0.25) is 0 Å². The number of sulfone groups is 1. The molecule has 2 atom stereocenters. The van der Waals surface area contributed by atoms with Crippen LogP contribution in [0, 0.1) is 25.5 Å². The van der Waals surface area contributed by atoms with Gasteiger partial charge in [-0.2, -0.15) is 0 Å². The molecular weight excluding hydrogens is 566 g/mol. The maximum atomic E-state index is 15.5. The van der Waals surface area contributed by atoms with Gasteiger partial charge in [0.25, 0.3) is 0 Å². The summed E-state index contributed by atoms with van der Waals surface area (Å²) in [6, 6.07) is 9.79. The van der Waals surface area contributed by atoms with Gasteiger partial charge in [-0.15, -0.1) is 0 Å². The number of benzene rings is 3. The van der Waals surface area contributed by atoms with E-state index < -0.39 is 33.5 Å².